The molecule has 0 fully saturated rings. The first-order valence-corrected chi connectivity index (χ1v) is 10.1. The van der Waals surface area contributed by atoms with E-state index in [-0.39, 0.29) is 10.9 Å². The number of sulfonamides is 1. The topological polar surface area (TPSA) is 78.5 Å². The molecule has 0 unspecified atom stereocenters. The molecule has 0 spiro atoms. The van der Waals surface area contributed by atoms with Gasteiger partial charge in [0.1, 0.15) is 0 Å². The Morgan fingerprint density at radius 1 is 1.04 bits per heavy atom. The fraction of sp³-hybridized carbons (Fsp3) is 0.235. The van der Waals surface area contributed by atoms with E-state index in [2.05, 4.69) is 26.0 Å². The summed E-state index contributed by atoms with van der Waals surface area (Å²) < 4.78 is 28.1. The molecule has 0 radical (unpaired) electrons. The lowest BCUT2D eigenvalue weighted by molar-refractivity contribution is 0.217. The Hall–Kier alpha value is -2.06. The second-order valence-corrected chi connectivity index (χ2v) is 7.84. The van der Waals surface area contributed by atoms with Crippen LogP contribution in [0.2, 0.25) is 0 Å². The molecule has 2 rings (SSSR count). The van der Waals surface area contributed by atoms with Crippen molar-refractivity contribution in [2.75, 3.05) is 23.1 Å². The number of urea groups is 1. The van der Waals surface area contributed by atoms with Crippen molar-refractivity contribution in [2.45, 2.75) is 18.7 Å². The van der Waals surface area contributed by atoms with Gasteiger partial charge in [-0.2, -0.15) is 0 Å². The summed E-state index contributed by atoms with van der Waals surface area (Å²) in [5.41, 5.74) is 1.01. The molecule has 134 valence electrons. The molecule has 0 bridgehead atoms. The highest BCUT2D eigenvalue weighted by atomic mass is 79.9. The van der Waals surface area contributed by atoms with Gasteiger partial charge in [-0.25, -0.2) is 13.2 Å². The standard InChI is InChI=1S/C17H20BrN3O3S/c1-3-21(4-2)17(22)19-14-8-10-16(11-9-14)25(23,24)20-15-7-5-6-13(18)12-15/h5-12,20H,3-4H2,1-2H3,(H,19,22). The van der Waals surface area contributed by atoms with Crippen LogP contribution >= 0.6 is 15.9 Å². The van der Waals surface area contributed by atoms with Crippen molar-refractivity contribution in [3.63, 3.8) is 0 Å². The van der Waals surface area contributed by atoms with Crippen molar-refractivity contribution in [1.29, 1.82) is 0 Å². The summed E-state index contributed by atoms with van der Waals surface area (Å²) in [7, 11) is -3.69. The van der Waals surface area contributed by atoms with Crippen LogP contribution in [0.5, 0.6) is 0 Å². The van der Waals surface area contributed by atoms with E-state index < -0.39 is 10.0 Å². The number of nitrogens with one attached hydrogen (secondary N) is 2. The molecule has 2 amide bonds. The zero-order valence-corrected chi connectivity index (χ0v) is 16.4. The number of halogens is 1. The largest absolute Gasteiger partial charge is 0.325 e. The quantitative estimate of drug-likeness (QED) is 0.730. The Labute approximate surface area is 156 Å². The average Bonchev–Trinajstić information content (AvgIpc) is 2.56. The molecule has 0 aliphatic rings. The van der Waals surface area contributed by atoms with Crippen LogP contribution in [0.25, 0.3) is 0 Å². The molecule has 2 aromatic carbocycles. The number of benzene rings is 2. The summed E-state index contributed by atoms with van der Waals surface area (Å²) in [6.45, 7) is 5.00. The summed E-state index contributed by atoms with van der Waals surface area (Å²) in [6, 6.07) is 12.7. The predicted octanol–water partition coefficient (Wildman–Crippen LogP) is 4.12. The summed E-state index contributed by atoms with van der Waals surface area (Å²) in [5, 5.41) is 2.75. The Morgan fingerprint density at radius 2 is 1.68 bits per heavy atom. The molecule has 8 heteroatoms. The zero-order valence-electron chi connectivity index (χ0n) is 14.0. The van der Waals surface area contributed by atoms with Gasteiger partial charge in [0.2, 0.25) is 0 Å². The van der Waals surface area contributed by atoms with Crippen LogP contribution in [-0.2, 0) is 10.0 Å². The zero-order chi connectivity index (χ0) is 18.4. The molecule has 25 heavy (non-hydrogen) atoms. The van der Waals surface area contributed by atoms with E-state index >= 15 is 0 Å². The van der Waals surface area contributed by atoms with Crippen molar-refractivity contribution < 1.29 is 13.2 Å². The lowest BCUT2D eigenvalue weighted by Crippen LogP contribution is -2.34. The minimum absolute atomic E-state index is 0.119. The van der Waals surface area contributed by atoms with Crippen molar-refractivity contribution in [3.8, 4) is 0 Å². The number of amides is 2. The van der Waals surface area contributed by atoms with E-state index in [0.29, 0.717) is 24.5 Å². The van der Waals surface area contributed by atoms with Crippen LogP contribution in [0.1, 0.15) is 13.8 Å². The molecule has 0 aromatic heterocycles. The first kappa shape index (κ1) is 19.3. The molecule has 0 atom stereocenters. The van der Waals surface area contributed by atoms with Crippen LogP contribution in [0, 0.1) is 0 Å². The summed E-state index contributed by atoms with van der Waals surface area (Å²) in [5.74, 6) is 0. The van der Waals surface area contributed by atoms with Gasteiger partial charge in [-0.15, -0.1) is 0 Å². The van der Waals surface area contributed by atoms with Gasteiger partial charge in [0.05, 0.1) is 4.90 Å². The van der Waals surface area contributed by atoms with Gasteiger partial charge in [0.25, 0.3) is 10.0 Å². The van der Waals surface area contributed by atoms with Crippen LogP contribution < -0.4 is 10.0 Å². The average molecular weight is 426 g/mol. The van der Waals surface area contributed by atoms with Gasteiger partial charge < -0.3 is 10.2 Å². The van der Waals surface area contributed by atoms with Crippen molar-refractivity contribution in [2.24, 2.45) is 0 Å². The van der Waals surface area contributed by atoms with E-state index in [4.69, 9.17) is 0 Å². The van der Waals surface area contributed by atoms with Crippen molar-refractivity contribution in [3.05, 3.63) is 53.0 Å². The highest BCUT2D eigenvalue weighted by Gasteiger charge is 2.15. The van der Waals surface area contributed by atoms with E-state index in [1.807, 2.05) is 19.9 Å². The summed E-state index contributed by atoms with van der Waals surface area (Å²) in [4.78, 5) is 13.8. The highest BCUT2D eigenvalue weighted by molar-refractivity contribution is 9.10. The molecular formula is C17H20BrN3O3S. The van der Waals surface area contributed by atoms with Crippen LogP contribution in [0.3, 0.4) is 0 Å². The minimum atomic E-state index is -3.69. The van der Waals surface area contributed by atoms with E-state index in [1.54, 1.807) is 35.2 Å². The van der Waals surface area contributed by atoms with Crippen molar-refractivity contribution in [1.82, 2.24) is 4.90 Å². The third-order valence-corrected chi connectivity index (χ3v) is 5.43. The number of carbonyl (C=O) groups excluding carboxylic acids is 1. The van der Waals surface area contributed by atoms with Gasteiger partial charge in [0.15, 0.2) is 0 Å². The fourth-order valence-electron chi connectivity index (χ4n) is 2.20. The number of carbonyl (C=O) groups is 1. The maximum absolute atomic E-state index is 12.4. The maximum Gasteiger partial charge on any atom is 0.321 e. The van der Waals surface area contributed by atoms with E-state index in [9.17, 15) is 13.2 Å². The van der Waals surface area contributed by atoms with Crippen LogP contribution in [-0.4, -0.2) is 32.4 Å². The van der Waals surface area contributed by atoms with Gasteiger partial charge >= 0.3 is 6.03 Å². The first-order valence-electron chi connectivity index (χ1n) is 7.80. The Balaban J connectivity index is 2.11. The monoisotopic (exact) mass is 425 g/mol. The second kappa shape index (κ2) is 8.35. The molecule has 0 heterocycles. The number of nitrogens with zero attached hydrogens (tertiary/aromatic N) is 1. The molecule has 0 saturated carbocycles. The SMILES string of the molecule is CCN(CC)C(=O)Nc1ccc(S(=O)(=O)Nc2cccc(Br)c2)cc1. The molecule has 0 aliphatic carbocycles. The van der Waals surface area contributed by atoms with E-state index in [1.165, 1.54) is 12.1 Å². The van der Waals surface area contributed by atoms with Crippen molar-refractivity contribution >= 4 is 43.4 Å². The summed E-state index contributed by atoms with van der Waals surface area (Å²) >= 11 is 3.30. The molecule has 0 aliphatic heterocycles. The van der Waals surface area contributed by atoms with Gasteiger partial charge in [0, 0.05) is 28.9 Å². The minimum Gasteiger partial charge on any atom is -0.325 e. The van der Waals surface area contributed by atoms with Gasteiger partial charge in [-0.3, -0.25) is 4.72 Å². The lowest BCUT2D eigenvalue weighted by atomic mass is 10.3. The van der Waals surface area contributed by atoms with Crippen LogP contribution in [0.4, 0.5) is 16.2 Å². The predicted molar refractivity (Wildman–Crippen MR) is 103 cm³/mol. The highest BCUT2D eigenvalue weighted by Crippen LogP contribution is 2.21. The Bertz CT molecular complexity index is 834. The third kappa shape index (κ3) is 5.20. The van der Waals surface area contributed by atoms with Crippen LogP contribution in [0.15, 0.2) is 57.9 Å². The maximum atomic E-state index is 12.4. The second-order valence-electron chi connectivity index (χ2n) is 5.24. The van der Waals surface area contributed by atoms with Gasteiger partial charge in [-0.05, 0) is 56.3 Å². The number of rotatable bonds is 6. The third-order valence-electron chi connectivity index (χ3n) is 3.54. The normalized spacial score (nSPS) is 11.0. The molecule has 2 N–H and O–H groups in total. The number of hydrogen-bond acceptors (Lipinski definition) is 3. The molecule has 0 saturated heterocycles. The Kier molecular flexibility index (Phi) is 6.44. The molecule has 2 aromatic rings. The molecular weight excluding hydrogens is 406 g/mol. The Morgan fingerprint density at radius 3 is 2.24 bits per heavy atom. The smallest absolute Gasteiger partial charge is 0.321 e. The van der Waals surface area contributed by atoms with Gasteiger partial charge in [-0.1, -0.05) is 22.0 Å². The number of anilines is 2. The van der Waals surface area contributed by atoms with E-state index in [0.717, 1.165) is 4.47 Å². The molecule has 6 nitrogen and oxygen atoms in total. The fourth-order valence-corrected chi connectivity index (χ4v) is 3.65. The number of hydrogen-bond donors (Lipinski definition) is 2. The summed E-state index contributed by atoms with van der Waals surface area (Å²) in [6.07, 6.45) is 0. The first-order chi connectivity index (χ1) is 11.9. The lowest BCUT2D eigenvalue weighted by Gasteiger charge is -2.19.